The molecule has 1 aromatic heterocycles. The maximum Gasteiger partial charge on any atom is 0.337 e. The summed E-state index contributed by atoms with van der Waals surface area (Å²) in [4.78, 5) is 47.6. The Labute approximate surface area is 119 Å². The van der Waals surface area contributed by atoms with Crippen LogP contribution < -0.4 is 17.1 Å². The second-order valence-electron chi connectivity index (χ2n) is 4.04. The van der Waals surface area contributed by atoms with Crippen LogP contribution in [0.1, 0.15) is 6.04 Å². The third-order valence-corrected chi connectivity index (χ3v) is 2.71. The molecule has 1 N–H and O–H groups in total. The minimum atomic E-state index is -1.57. The molecule has 21 heavy (non-hydrogen) atoms. The Morgan fingerprint density at radius 2 is 1.43 bits per heavy atom. The Morgan fingerprint density at radius 1 is 1.00 bits per heavy atom. The highest BCUT2D eigenvalue weighted by molar-refractivity contribution is 5.73. The van der Waals surface area contributed by atoms with Gasteiger partial charge in [-0.3, -0.25) is 0 Å². The molecule has 112 valence electrons. The molecule has 0 aliphatic carbocycles. The number of carboxylic acid groups (broad SMARTS) is 1. The van der Waals surface area contributed by atoms with E-state index in [1.54, 1.807) is 0 Å². The van der Waals surface area contributed by atoms with Gasteiger partial charge in [0, 0.05) is 0 Å². The van der Waals surface area contributed by atoms with Crippen molar-refractivity contribution in [2.24, 2.45) is 0 Å². The first-order chi connectivity index (χ1) is 9.90. The summed E-state index contributed by atoms with van der Waals surface area (Å²) < 4.78 is 1.90. The first-order valence-corrected chi connectivity index (χ1v) is 5.94. The van der Waals surface area contributed by atoms with Crippen LogP contribution in [0.25, 0.3) is 0 Å². The first kappa shape index (κ1) is 16.2. The van der Waals surface area contributed by atoms with Gasteiger partial charge >= 0.3 is 23.0 Å². The van der Waals surface area contributed by atoms with E-state index >= 15 is 0 Å². The number of aliphatic carboxylic acids is 1. The molecule has 0 aliphatic rings. The van der Waals surface area contributed by atoms with Gasteiger partial charge in [-0.1, -0.05) is 18.2 Å². The van der Waals surface area contributed by atoms with E-state index in [0.29, 0.717) is 4.57 Å². The highest BCUT2D eigenvalue weighted by Gasteiger charge is 2.24. The van der Waals surface area contributed by atoms with Gasteiger partial charge in [-0.15, -0.1) is 19.7 Å². The number of nitrogens with zero attached hydrogens (tertiary/aromatic N) is 3. The fourth-order valence-electron chi connectivity index (χ4n) is 1.78. The van der Waals surface area contributed by atoms with E-state index in [4.69, 9.17) is 5.11 Å². The molecule has 1 atom stereocenters. The molecule has 0 amide bonds. The fraction of sp³-hybridized carbons (Fsp3) is 0.231. The van der Waals surface area contributed by atoms with E-state index in [1.807, 2.05) is 0 Å². The molecule has 1 aromatic rings. The van der Waals surface area contributed by atoms with E-state index in [1.165, 1.54) is 12.2 Å². The van der Waals surface area contributed by atoms with Crippen LogP contribution in [0.3, 0.4) is 0 Å². The van der Waals surface area contributed by atoms with E-state index in [2.05, 4.69) is 19.7 Å². The summed E-state index contributed by atoms with van der Waals surface area (Å²) in [6.45, 7) is 9.82. The van der Waals surface area contributed by atoms with Crippen LogP contribution in [-0.2, 0) is 17.9 Å². The smallest absolute Gasteiger partial charge is 0.337 e. The number of hydrogen-bond donors (Lipinski definition) is 1. The summed E-state index contributed by atoms with van der Waals surface area (Å²) in [5.41, 5.74) is -2.91. The van der Waals surface area contributed by atoms with Gasteiger partial charge in [0.15, 0.2) is 6.04 Å². The lowest BCUT2D eigenvalue weighted by atomic mass is 10.3. The number of allylic oxidation sites excluding steroid dienone is 2. The van der Waals surface area contributed by atoms with Crippen LogP contribution in [-0.4, -0.2) is 24.8 Å². The maximum atomic E-state index is 12.2. The van der Waals surface area contributed by atoms with Crippen molar-refractivity contribution < 1.29 is 9.90 Å². The number of carboxylic acids is 1. The van der Waals surface area contributed by atoms with Gasteiger partial charge in [0.1, 0.15) is 0 Å². The summed E-state index contributed by atoms with van der Waals surface area (Å²) >= 11 is 0. The minimum Gasteiger partial charge on any atom is -0.479 e. The van der Waals surface area contributed by atoms with Crippen LogP contribution in [0, 0.1) is 0 Å². The summed E-state index contributed by atoms with van der Waals surface area (Å²) in [6.07, 6.45) is 3.52. The largest absolute Gasteiger partial charge is 0.479 e. The van der Waals surface area contributed by atoms with Gasteiger partial charge in [-0.2, -0.15) is 0 Å². The van der Waals surface area contributed by atoms with Crippen molar-refractivity contribution in [3.8, 4) is 0 Å². The highest BCUT2D eigenvalue weighted by atomic mass is 16.4. The minimum absolute atomic E-state index is 0.154. The van der Waals surface area contributed by atoms with Crippen molar-refractivity contribution in [2.45, 2.75) is 19.1 Å². The standard InChI is InChI=1S/C13H15N3O5/c1-4-7-14-11(19)15(8-5-2)13(21)16(12(14)20)9(6-3)10(17)18/h4-6,9H,1-3,7-8H2,(H,17,18). The highest BCUT2D eigenvalue weighted by Crippen LogP contribution is 2.00. The first-order valence-electron chi connectivity index (χ1n) is 5.94. The van der Waals surface area contributed by atoms with Crippen LogP contribution in [0.5, 0.6) is 0 Å². The normalized spacial score (nSPS) is 11.6. The molecule has 1 unspecified atom stereocenters. The van der Waals surface area contributed by atoms with Crippen molar-refractivity contribution in [3.63, 3.8) is 0 Å². The average molecular weight is 293 g/mol. The zero-order valence-corrected chi connectivity index (χ0v) is 11.3. The molecule has 1 rings (SSSR count). The van der Waals surface area contributed by atoms with Gasteiger partial charge in [0.05, 0.1) is 13.1 Å². The second-order valence-corrected chi connectivity index (χ2v) is 4.04. The SMILES string of the molecule is C=CCn1c(=O)n(CC=C)c(=O)n(C(C=C)C(=O)O)c1=O. The Bertz CT molecular complexity index is 717. The third-order valence-electron chi connectivity index (χ3n) is 2.71. The molecule has 0 radical (unpaired) electrons. The predicted octanol–water partition coefficient (Wildman–Crippen LogP) is -0.645. The van der Waals surface area contributed by atoms with Gasteiger partial charge in [-0.25, -0.2) is 32.9 Å². The zero-order valence-electron chi connectivity index (χ0n) is 11.3. The van der Waals surface area contributed by atoms with Gasteiger partial charge in [0.2, 0.25) is 0 Å². The topological polar surface area (TPSA) is 103 Å². The van der Waals surface area contributed by atoms with Crippen LogP contribution in [0.4, 0.5) is 0 Å². The Kier molecular flexibility index (Phi) is 5.01. The Balaban J connectivity index is 3.91. The van der Waals surface area contributed by atoms with Crippen molar-refractivity contribution in [1.82, 2.24) is 13.7 Å². The number of hydrogen-bond acceptors (Lipinski definition) is 4. The molecular weight excluding hydrogens is 278 g/mol. The van der Waals surface area contributed by atoms with Crippen LogP contribution >= 0.6 is 0 Å². The Morgan fingerprint density at radius 3 is 1.71 bits per heavy atom. The molecule has 0 spiro atoms. The molecule has 0 fully saturated rings. The number of carbonyl (C=O) groups is 1. The third kappa shape index (κ3) is 2.83. The summed E-state index contributed by atoms with van der Waals surface area (Å²) in [6, 6.07) is -1.57. The van der Waals surface area contributed by atoms with E-state index in [-0.39, 0.29) is 13.1 Å². The Hall–Kier alpha value is -2.90. The lowest BCUT2D eigenvalue weighted by molar-refractivity contribution is -0.139. The lowest BCUT2D eigenvalue weighted by Gasteiger charge is -2.15. The van der Waals surface area contributed by atoms with Crippen LogP contribution in [0.2, 0.25) is 0 Å². The molecule has 0 bridgehead atoms. The molecule has 8 heteroatoms. The van der Waals surface area contributed by atoms with Crippen molar-refractivity contribution in [1.29, 1.82) is 0 Å². The van der Waals surface area contributed by atoms with Crippen LogP contribution in [0.15, 0.2) is 52.3 Å². The quantitative estimate of drug-likeness (QED) is 0.673. The van der Waals surface area contributed by atoms with Crippen molar-refractivity contribution in [2.75, 3.05) is 0 Å². The predicted molar refractivity (Wildman–Crippen MR) is 76.5 cm³/mol. The van der Waals surface area contributed by atoms with E-state index < -0.39 is 29.1 Å². The molecule has 0 aliphatic heterocycles. The molecule has 0 aromatic carbocycles. The van der Waals surface area contributed by atoms with Gasteiger partial charge < -0.3 is 5.11 Å². The number of aromatic nitrogens is 3. The summed E-state index contributed by atoms with van der Waals surface area (Å²) in [5.74, 6) is -1.43. The number of rotatable bonds is 7. The molecule has 0 saturated heterocycles. The summed E-state index contributed by atoms with van der Waals surface area (Å²) in [7, 11) is 0. The van der Waals surface area contributed by atoms with Gasteiger partial charge in [0.25, 0.3) is 0 Å². The van der Waals surface area contributed by atoms with E-state index in [9.17, 15) is 19.2 Å². The lowest BCUT2D eigenvalue weighted by Crippen LogP contribution is -2.56. The average Bonchev–Trinajstić information content (AvgIpc) is 2.44. The molecule has 1 heterocycles. The van der Waals surface area contributed by atoms with E-state index in [0.717, 1.165) is 15.2 Å². The maximum absolute atomic E-state index is 12.2. The monoisotopic (exact) mass is 293 g/mol. The molecule has 8 nitrogen and oxygen atoms in total. The van der Waals surface area contributed by atoms with Crippen molar-refractivity contribution in [3.05, 3.63) is 69.4 Å². The van der Waals surface area contributed by atoms with Crippen molar-refractivity contribution >= 4 is 5.97 Å². The van der Waals surface area contributed by atoms with Gasteiger partial charge in [-0.05, 0) is 0 Å². The molecule has 0 saturated carbocycles. The molecular formula is C13H15N3O5. The summed E-state index contributed by atoms with van der Waals surface area (Å²) in [5, 5.41) is 9.08. The zero-order chi connectivity index (χ0) is 16.2. The fourth-order valence-corrected chi connectivity index (χ4v) is 1.78. The second kappa shape index (κ2) is 6.51.